The first-order valence-electron chi connectivity index (χ1n) is 12.4. The first-order chi connectivity index (χ1) is 18.4. The summed E-state index contributed by atoms with van der Waals surface area (Å²) in [5.74, 6) is 3.84. The van der Waals surface area contributed by atoms with E-state index in [-0.39, 0.29) is 19.0 Å². The monoisotopic (exact) mass is 505 g/mol. The van der Waals surface area contributed by atoms with E-state index in [2.05, 4.69) is 63.2 Å². The highest BCUT2D eigenvalue weighted by molar-refractivity contribution is 6.35. The van der Waals surface area contributed by atoms with E-state index in [9.17, 15) is 14.4 Å². The molecule has 0 bridgehead atoms. The molecule has 3 N–H and O–H groups in total. The third-order valence-electron chi connectivity index (χ3n) is 6.59. The Labute approximate surface area is 220 Å². The number of benzene rings is 3. The van der Waals surface area contributed by atoms with E-state index in [0.717, 1.165) is 34.7 Å². The summed E-state index contributed by atoms with van der Waals surface area (Å²) in [6, 6.07) is 21.5. The number of nitrogens with zero attached hydrogens (tertiary/aromatic N) is 2. The van der Waals surface area contributed by atoms with E-state index < -0.39 is 17.4 Å². The fraction of sp³-hybridized carbons (Fsp3) is 0.200. The van der Waals surface area contributed by atoms with Crippen LogP contribution in [-0.4, -0.2) is 34.0 Å². The van der Waals surface area contributed by atoms with Gasteiger partial charge in [0.1, 0.15) is 0 Å². The van der Waals surface area contributed by atoms with E-state index in [0.29, 0.717) is 11.1 Å². The molecule has 1 saturated carbocycles. The van der Waals surface area contributed by atoms with Gasteiger partial charge >= 0.3 is 11.8 Å². The Morgan fingerprint density at radius 1 is 0.947 bits per heavy atom. The van der Waals surface area contributed by atoms with Gasteiger partial charge in [0.05, 0.1) is 23.8 Å². The van der Waals surface area contributed by atoms with Gasteiger partial charge in [0.2, 0.25) is 0 Å². The number of nitrogens with one attached hydrogen (secondary N) is 3. The van der Waals surface area contributed by atoms with Crippen molar-refractivity contribution in [3.63, 3.8) is 0 Å². The first-order valence-corrected chi connectivity index (χ1v) is 12.4. The van der Waals surface area contributed by atoms with Gasteiger partial charge in [0.25, 0.3) is 5.91 Å². The van der Waals surface area contributed by atoms with Gasteiger partial charge in [-0.1, -0.05) is 66.4 Å². The fourth-order valence-electron chi connectivity index (χ4n) is 4.37. The number of rotatable bonds is 6. The molecule has 0 unspecified atom stereocenters. The number of hydrogen-bond acceptors (Lipinski definition) is 4. The lowest BCUT2D eigenvalue weighted by Gasteiger charge is -2.20. The molecule has 38 heavy (non-hydrogen) atoms. The van der Waals surface area contributed by atoms with Crippen LogP contribution in [0.25, 0.3) is 10.8 Å². The lowest BCUT2D eigenvalue weighted by molar-refractivity contribution is -0.139. The SMILES string of the molecule is Cn1cc(C#CCNC(=O)C(=O)NCc2ccccc2C(=O)NC2(c3ccc4ccccc4c3)CC2)cn1. The highest BCUT2D eigenvalue weighted by Crippen LogP contribution is 2.46. The number of carbonyl (C=O) groups excluding carboxylic acids is 3. The molecule has 1 aromatic heterocycles. The highest BCUT2D eigenvalue weighted by Gasteiger charge is 2.46. The van der Waals surface area contributed by atoms with Gasteiger partial charge in [-0.3, -0.25) is 19.1 Å². The fourth-order valence-corrected chi connectivity index (χ4v) is 4.37. The number of amides is 3. The normalized spacial score (nSPS) is 13.2. The molecule has 1 fully saturated rings. The molecule has 3 aromatic carbocycles. The average molecular weight is 506 g/mol. The van der Waals surface area contributed by atoms with Crippen LogP contribution < -0.4 is 16.0 Å². The molecule has 4 aromatic rings. The molecule has 5 rings (SSSR count). The van der Waals surface area contributed by atoms with Crippen molar-refractivity contribution in [1.29, 1.82) is 0 Å². The van der Waals surface area contributed by atoms with Crippen LogP contribution in [0, 0.1) is 11.8 Å². The van der Waals surface area contributed by atoms with E-state index in [1.54, 1.807) is 48.4 Å². The molecule has 8 nitrogen and oxygen atoms in total. The van der Waals surface area contributed by atoms with Crippen molar-refractivity contribution in [3.8, 4) is 11.8 Å². The molecule has 1 aliphatic carbocycles. The Hall–Kier alpha value is -4.90. The molecule has 190 valence electrons. The standard InChI is InChI=1S/C30H27N5O3/c1-35-20-21(18-33-35)7-6-16-31-28(37)29(38)32-19-24-10-4-5-11-26(24)27(36)34-30(14-15-30)25-13-12-22-8-2-3-9-23(22)17-25/h2-5,8-13,17-18,20H,14-16,19H2,1H3,(H,31,37)(H,32,38)(H,34,36). The average Bonchev–Trinajstić information content (AvgIpc) is 3.60. The summed E-state index contributed by atoms with van der Waals surface area (Å²) in [5, 5.41) is 14.6. The number of carbonyl (C=O) groups is 3. The van der Waals surface area contributed by atoms with Crippen molar-refractivity contribution in [2.75, 3.05) is 6.54 Å². The summed E-state index contributed by atoms with van der Waals surface area (Å²) in [6.07, 6.45) is 5.09. The Balaban J connectivity index is 1.19. The van der Waals surface area contributed by atoms with Crippen LogP contribution in [0.2, 0.25) is 0 Å². The molecule has 1 aliphatic rings. The van der Waals surface area contributed by atoms with Crippen molar-refractivity contribution in [1.82, 2.24) is 25.7 Å². The van der Waals surface area contributed by atoms with Crippen LogP contribution in [0.3, 0.4) is 0 Å². The Morgan fingerprint density at radius 3 is 2.45 bits per heavy atom. The van der Waals surface area contributed by atoms with Crippen LogP contribution in [-0.2, 0) is 28.7 Å². The maximum absolute atomic E-state index is 13.3. The van der Waals surface area contributed by atoms with Gasteiger partial charge in [0, 0.05) is 25.4 Å². The molecule has 0 radical (unpaired) electrons. The number of hydrogen-bond donors (Lipinski definition) is 3. The molecule has 0 aliphatic heterocycles. The first kappa shape index (κ1) is 24.8. The molecular weight excluding hydrogens is 478 g/mol. The second-order valence-corrected chi connectivity index (χ2v) is 9.33. The minimum atomic E-state index is -0.793. The van der Waals surface area contributed by atoms with E-state index in [1.807, 2.05) is 12.1 Å². The summed E-state index contributed by atoms with van der Waals surface area (Å²) in [7, 11) is 1.79. The quantitative estimate of drug-likeness (QED) is 0.277. The molecule has 0 saturated heterocycles. The van der Waals surface area contributed by atoms with Gasteiger partial charge in [-0.25, -0.2) is 0 Å². The second kappa shape index (κ2) is 10.6. The van der Waals surface area contributed by atoms with Crippen LogP contribution in [0.1, 0.15) is 39.9 Å². The minimum absolute atomic E-state index is 0.0248. The highest BCUT2D eigenvalue weighted by atomic mass is 16.2. The van der Waals surface area contributed by atoms with Crippen molar-refractivity contribution in [2.24, 2.45) is 7.05 Å². The van der Waals surface area contributed by atoms with E-state index in [4.69, 9.17) is 0 Å². The maximum Gasteiger partial charge on any atom is 0.310 e. The zero-order valence-corrected chi connectivity index (χ0v) is 21.0. The van der Waals surface area contributed by atoms with Gasteiger partial charge in [-0.05, 0) is 46.9 Å². The lowest BCUT2D eigenvalue weighted by Crippen LogP contribution is -2.40. The predicted molar refractivity (Wildman–Crippen MR) is 144 cm³/mol. The summed E-state index contributed by atoms with van der Waals surface area (Å²) in [5.41, 5.74) is 2.49. The van der Waals surface area contributed by atoms with Crippen LogP contribution in [0.5, 0.6) is 0 Å². The molecule has 0 atom stereocenters. The molecule has 0 spiro atoms. The van der Waals surface area contributed by atoms with Gasteiger partial charge in [0.15, 0.2) is 0 Å². The molecule has 8 heteroatoms. The van der Waals surface area contributed by atoms with Crippen molar-refractivity contribution < 1.29 is 14.4 Å². The van der Waals surface area contributed by atoms with Crippen LogP contribution in [0.15, 0.2) is 79.1 Å². The number of aromatic nitrogens is 2. The van der Waals surface area contributed by atoms with Crippen LogP contribution in [0.4, 0.5) is 0 Å². The smallest absolute Gasteiger partial charge is 0.310 e. The zero-order valence-electron chi connectivity index (χ0n) is 21.0. The maximum atomic E-state index is 13.3. The molecule has 1 heterocycles. The van der Waals surface area contributed by atoms with Crippen LogP contribution >= 0.6 is 0 Å². The zero-order chi connectivity index (χ0) is 26.5. The Bertz CT molecular complexity index is 1590. The summed E-state index contributed by atoms with van der Waals surface area (Å²) in [6.45, 7) is 0.0666. The third-order valence-corrected chi connectivity index (χ3v) is 6.59. The number of aryl methyl sites for hydroxylation is 1. The van der Waals surface area contributed by atoms with Gasteiger partial charge < -0.3 is 16.0 Å². The summed E-state index contributed by atoms with van der Waals surface area (Å²) in [4.78, 5) is 37.8. The Kier molecular flexibility index (Phi) is 6.92. The third kappa shape index (κ3) is 5.57. The lowest BCUT2D eigenvalue weighted by atomic mass is 9.99. The number of fused-ring (bicyclic) bond motifs is 1. The van der Waals surface area contributed by atoms with Crippen molar-refractivity contribution in [3.05, 3.63) is 101 Å². The summed E-state index contributed by atoms with van der Waals surface area (Å²) >= 11 is 0. The van der Waals surface area contributed by atoms with Gasteiger partial charge in [-0.2, -0.15) is 5.10 Å². The second-order valence-electron chi connectivity index (χ2n) is 9.33. The Morgan fingerprint density at radius 2 is 1.68 bits per heavy atom. The topological polar surface area (TPSA) is 105 Å². The summed E-state index contributed by atoms with van der Waals surface area (Å²) < 4.78 is 1.63. The minimum Gasteiger partial charge on any atom is -0.344 e. The van der Waals surface area contributed by atoms with Crippen molar-refractivity contribution in [2.45, 2.75) is 24.9 Å². The largest absolute Gasteiger partial charge is 0.344 e. The molecular formula is C30H27N5O3. The van der Waals surface area contributed by atoms with Gasteiger partial charge in [-0.15, -0.1) is 0 Å². The van der Waals surface area contributed by atoms with Crippen molar-refractivity contribution >= 4 is 28.5 Å². The van der Waals surface area contributed by atoms with E-state index >= 15 is 0 Å². The molecule has 3 amide bonds. The predicted octanol–water partition coefficient (Wildman–Crippen LogP) is 2.78. The van der Waals surface area contributed by atoms with E-state index in [1.165, 1.54) is 0 Å².